The van der Waals surface area contributed by atoms with Crippen LogP contribution >= 0.6 is 0 Å². The first-order valence-corrected chi connectivity index (χ1v) is 8.75. The number of nitro benzene ring substituents is 1. The van der Waals surface area contributed by atoms with E-state index in [9.17, 15) is 29.6 Å². The summed E-state index contributed by atoms with van der Waals surface area (Å²) in [7, 11) is 0. The number of non-ortho nitro benzene ring substituents is 1. The molecule has 0 radical (unpaired) electrons. The molecule has 1 atom stereocenters. The SMILES string of the molecule is O=C(O)[C@H](Cc1ccccc1)N1C(=O)c2cccc3c([N+](=O)[O-])ccc(c23)C1=O. The molecule has 29 heavy (non-hydrogen) atoms. The molecule has 1 aliphatic heterocycles. The van der Waals surface area contributed by atoms with Gasteiger partial charge in [0.15, 0.2) is 0 Å². The molecular formula is C21H14N2O6. The van der Waals surface area contributed by atoms with Crippen LogP contribution in [-0.4, -0.2) is 38.8 Å². The van der Waals surface area contributed by atoms with Gasteiger partial charge in [0.05, 0.1) is 10.3 Å². The summed E-state index contributed by atoms with van der Waals surface area (Å²) in [6, 6.07) is 14.1. The van der Waals surface area contributed by atoms with Crippen LogP contribution in [0.3, 0.4) is 0 Å². The van der Waals surface area contributed by atoms with Gasteiger partial charge in [0.25, 0.3) is 17.5 Å². The first-order chi connectivity index (χ1) is 13.9. The Balaban J connectivity index is 1.86. The molecule has 0 bridgehead atoms. The average Bonchev–Trinajstić information content (AvgIpc) is 2.71. The minimum atomic E-state index is -1.41. The summed E-state index contributed by atoms with van der Waals surface area (Å²) < 4.78 is 0. The maximum atomic E-state index is 13.1. The zero-order valence-corrected chi connectivity index (χ0v) is 14.9. The van der Waals surface area contributed by atoms with Gasteiger partial charge in [-0.25, -0.2) is 4.79 Å². The highest BCUT2D eigenvalue weighted by Gasteiger charge is 2.41. The smallest absolute Gasteiger partial charge is 0.327 e. The molecule has 0 saturated heterocycles. The van der Waals surface area contributed by atoms with Crippen LogP contribution in [-0.2, 0) is 11.2 Å². The zero-order valence-electron chi connectivity index (χ0n) is 14.9. The standard InChI is InChI=1S/C21H14N2O6/c24-19-14-8-4-7-13-16(23(28)29)10-9-15(18(13)14)20(25)22(19)17(21(26)27)11-12-5-2-1-3-6-12/h1-10,17H,11H2,(H,26,27)/t17-/m0/s1. The van der Waals surface area contributed by atoms with Gasteiger partial charge in [0, 0.05) is 29.0 Å². The van der Waals surface area contributed by atoms with E-state index in [2.05, 4.69) is 0 Å². The molecule has 144 valence electrons. The number of benzene rings is 3. The number of nitrogens with zero attached hydrogens (tertiary/aromatic N) is 2. The number of carboxylic acids is 1. The van der Waals surface area contributed by atoms with Crippen molar-refractivity contribution in [1.29, 1.82) is 0 Å². The fourth-order valence-corrected chi connectivity index (χ4v) is 3.67. The highest BCUT2D eigenvalue weighted by molar-refractivity contribution is 6.27. The molecule has 0 fully saturated rings. The maximum absolute atomic E-state index is 13.1. The van der Waals surface area contributed by atoms with E-state index in [0.717, 1.165) is 4.90 Å². The van der Waals surface area contributed by atoms with Crippen molar-refractivity contribution in [2.45, 2.75) is 12.5 Å². The Morgan fingerprint density at radius 1 is 0.966 bits per heavy atom. The van der Waals surface area contributed by atoms with Crippen LogP contribution in [0.4, 0.5) is 5.69 Å². The van der Waals surface area contributed by atoms with Crippen molar-refractivity contribution in [3.8, 4) is 0 Å². The summed E-state index contributed by atoms with van der Waals surface area (Å²) in [5.41, 5.74) is 0.576. The molecule has 0 aliphatic carbocycles. The number of hydrogen-bond acceptors (Lipinski definition) is 5. The lowest BCUT2D eigenvalue weighted by Gasteiger charge is -2.31. The Labute approximate surface area is 164 Å². The van der Waals surface area contributed by atoms with Gasteiger partial charge in [-0.1, -0.05) is 36.4 Å². The minimum absolute atomic E-state index is 0.0497. The predicted octanol–water partition coefficient (Wildman–Crippen LogP) is 3.04. The number of carbonyl (C=O) groups excluding carboxylic acids is 2. The van der Waals surface area contributed by atoms with Gasteiger partial charge in [-0.2, -0.15) is 0 Å². The number of nitro groups is 1. The molecule has 4 rings (SSSR count). The van der Waals surface area contributed by atoms with Gasteiger partial charge >= 0.3 is 5.97 Å². The Bertz CT molecular complexity index is 1170. The highest BCUT2D eigenvalue weighted by atomic mass is 16.6. The number of rotatable bonds is 5. The molecule has 0 saturated carbocycles. The second-order valence-electron chi connectivity index (χ2n) is 6.64. The molecular weight excluding hydrogens is 376 g/mol. The normalized spacial score (nSPS) is 14.1. The van der Waals surface area contributed by atoms with Crippen molar-refractivity contribution in [2.24, 2.45) is 0 Å². The molecule has 2 amide bonds. The summed E-state index contributed by atoms with van der Waals surface area (Å²) in [5.74, 6) is -2.87. The van der Waals surface area contributed by atoms with Crippen molar-refractivity contribution < 1.29 is 24.4 Å². The van der Waals surface area contributed by atoms with Gasteiger partial charge < -0.3 is 5.11 Å². The third kappa shape index (κ3) is 2.91. The fourth-order valence-electron chi connectivity index (χ4n) is 3.67. The lowest BCUT2D eigenvalue weighted by Crippen LogP contribution is -2.51. The second kappa shape index (κ2) is 6.83. The molecule has 1 aliphatic rings. The lowest BCUT2D eigenvalue weighted by atomic mass is 9.91. The molecule has 3 aromatic rings. The predicted molar refractivity (Wildman–Crippen MR) is 103 cm³/mol. The van der Waals surface area contributed by atoms with Crippen LogP contribution in [0.15, 0.2) is 60.7 Å². The van der Waals surface area contributed by atoms with Crippen LogP contribution in [0.5, 0.6) is 0 Å². The van der Waals surface area contributed by atoms with Crippen molar-refractivity contribution >= 4 is 34.2 Å². The van der Waals surface area contributed by atoms with E-state index >= 15 is 0 Å². The van der Waals surface area contributed by atoms with Crippen molar-refractivity contribution in [1.82, 2.24) is 4.90 Å². The highest BCUT2D eigenvalue weighted by Crippen LogP contribution is 2.36. The topological polar surface area (TPSA) is 118 Å². The monoisotopic (exact) mass is 390 g/mol. The van der Waals surface area contributed by atoms with E-state index < -0.39 is 28.7 Å². The van der Waals surface area contributed by atoms with Gasteiger partial charge in [-0.15, -0.1) is 0 Å². The molecule has 0 aromatic heterocycles. The Kier molecular flexibility index (Phi) is 4.31. The quantitative estimate of drug-likeness (QED) is 0.406. The van der Waals surface area contributed by atoms with E-state index in [4.69, 9.17) is 0 Å². The molecule has 1 heterocycles. The van der Waals surface area contributed by atoms with Crippen LogP contribution < -0.4 is 0 Å². The van der Waals surface area contributed by atoms with Gasteiger partial charge in [0.1, 0.15) is 6.04 Å². The second-order valence-corrected chi connectivity index (χ2v) is 6.64. The van der Waals surface area contributed by atoms with E-state index in [1.807, 2.05) is 0 Å². The number of amides is 2. The Morgan fingerprint density at radius 3 is 2.24 bits per heavy atom. The van der Waals surface area contributed by atoms with E-state index in [0.29, 0.717) is 5.56 Å². The van der Waals surface area contributed by atoms with Crippen LogP contribution in [0, 0.1) is 10.1 Å². The third-order valence-electron chi connectivity index (χ3n) is 4.98. The summed E-state index contributed by atoms with van der Waals surface area (Å²) in [6.45, 7) is 0. The molecule has 3 aromatic carbocycles. The molecule has 0 unspecified atom stereocenters. The van der Waals surface area contributed by atoms with Gasteiger partial charge in [0.2, 0.25) is 0 Å². The summed E-state index contributed by atoms with van der Waals surface area (Å²) in [6.07, 6.45) is -0.0497. The fraction of sp³-hybridized carbons (Fsp3) is 0.0952. The summed E-state index contributed by atoms with van der Waals surface area (Å²) >= 11 is 0. The van der Waals surface area contributed by atoms with Crippen molar-refractivity contribution in [3.63, 3.8) is 0 Å². The summed E-state index contributed by atoms with van der Waals surface area (Å²) in [5, 5.41) is 21.4. The van der Waals surface area contributed by atoms with Gasteiger partial charge in [-0.05, 0) is 23.8 Å². The number of carboxylic acid groups (broad SMARTS) is 1. The van der Waals surface area contributed by atoms with Gasteiger partial charge in [-0.3, -0.25) is 24.6 Å². The number of hydrogen-bond donors (Lipinski definition) is 1. The largest absolute Gasteiger partial charge is 0.480 e. The molecule has 8 nitrogen and oxygen atoms in total. The van der Waals surface area contributed by atoms with E-state index in [1.165, 1.54) is 30.3 Å². The van der Waals surface area contributed by atoms with Crippen LogP contribution in [0.2, 0.25) is 0 Å². The third-order valence-corrected chi connectivity index (χ3v) is 4.98. The maximum Gasteiger partial charge on any atom is 0.327 e. The van der Waals surface area contributed by atoms with Crippen LogP contribution in [0.1, 0.15) is 26.3 Å². The zero-order chi connectivity index (χ0) is 20.7. The Hall–Kier alpha value is -4.07. The molecule has 0 spiro atoms. The molecule has 1 N–H and O–H groups in total. The average molecular weight is 390 g/mol. The van der Waals surface area contributed by atoms with Crippen LogP contribution in [0.25, 0.3) is 10.8 Å². The first-order valence-electron chi connectivity index (χ1n) is 8.75. The number of carbonyl (C=O) groups is 3. The van der Waals surface area contributed by atoms with Crippen molar-refractivity contribution in [3.05, 3.63) is 87.5 Å². The van der Waals surface area contributed by atoms with Crippen molar-refractivity contribution in [2.75, 3.05) is 0 Å². The molecule has 8 heteroatoms. The number of aliphatic carboxylic acids is 1. The van der Waals surface area contributed by atoms with E-state index in [1.54, 1.807) is 30.3 Å². The summed E-state index contributed by atoms with van der Waals surface area (Å²) in [4.78, 5) is 49.6. The van der Waals surface area contributed by atoms with E-state index in [-0.39, 0.29) is 34.0 Å². The lowest BCUT2D eigenvalue weighted by molar-refractivity contribution is -0.383. The first kappa shape index (κ1) is 18.3. The number of imide groups is 1. The minimum Gasteiger partial charge on any atom is -0.480 e. The Morgan fingerprint density at radius 2 is 1.62 bits per heavy atom.